The molecule has 88 valence electrons. The zero-order valence-electron chi connectivity index (χ0n) is 9.06. The second-order valence-electron chi connectivity index (χ2n) is 4.17. The van der Waals surface area contributed by atoms with Crippen LogP contribution in [-0.4, -0.2) is 25.0 Å². The Hall–Kier alpha value is -0.580. The molecule has 0 aliphatic heterocycles. The van der Waals surface area contributed by atoms with Gasteiger partial charge in [0.2, 0.25) is 10.0 Å². The van der Waals surface area contributed by atoms with Gasteiger partial charge in [0.05, 0.1) is 6.26 Å². The Kier molecular flexibility index (Phi) is 3.24. The Balaban J connectivity index is 2.15. The summed E-state index contributed by atoms with van der Waals surface area (Å²) in [7, 11) is -3.11. The van der Waals surface area contributed by atoms with Gasteiger partial charge < -0.3 is 0 Å². The van der Waals surface area contributed by atoms with Crippen LogP contribution in [0.15, 0.2) is 24.3 Å². The lowest BCUT2D eigenvalue weighted by atomic mass is 10.2. The first-order valence-corrected chi connectivity index (χ1v) is 7.41. The predicted octanol–water partition coefficient (Wildman–Crippen LogP) is 2.26. The van der Waals surface area contributed by atoms with Gasteiger partial charge in [-0.1, -0.05) is 23.7 Å². The normalized spacial score (nSPS) is 16.7. The van der Waals surface area contributed by atoms with Crippen LogP contribution in [0.5, 0.6) is 0 Å². The van der Waals surface area contributed by atoms with Gasteiger partial charge in [0.15, 0.2) is 0 Å². The first kappa shape index (κ1) is 11.9. The Morgan fingerprint density at radius 2 is 1.88 bits per heavy atom. The first-order chi connectivity index (χ1) is 7.47. The lowest BCUT2D eigenvalue weighted by Gasteiger charge is -2.19. The minimum atomic E-state index is -3.11. The maximum Gasteiger partial charge on any atom is 0.211 e. The molecule has 0 N–H and O–H groups in total. The number of hydrogen-bond acceptors (Lipinski definition) is 2. The largest absolute Gasteiger partial charge is 0.212 e. The third-order valence-electron chi connectivity index (χ3n) is 2.63. The van der Waals surface area contributed by atoms with Crippen LogP contribution in [0.1, 0.15) is 18.4 Å². The van der Waals surface area contributed by atoms with Crippen molar-refractivity contribution in [3.05, 3.63) is 34.9 Å². The van der Waals surface area contributed by atoms with Gasteiger partial charge in [-0.3, -0.25) is 0 Å². The van der Waals surface area contributed by atoms with E-state index in [0.717, 1.165) is 18.4 Å². The Labute approximate surface area is 101 Å². The van der Waals surface area contributed by atoms with Gasteiger partial charge in [-0.05, 0) is 30.5 Å². The molecule has 0 saturated heterocycles. The molecule has 16 heavy (non-hydrogen) atoms. The van der Waals surface area contributed by atoms with Crippen molar-refractivity contribution in [2.24, 2.45) is 0 Å². The molecule has 2 rings (SSSR count). The average molecular weight is 260 g/mol. The quantitative estimate of drug-likeness (QED) is 0.832. The summed E-state index contributed by atoms with van der Waals surface area (Å²) >= 11 is 5.78. The molecule has 1 aliphatic rings. The zero-order valence-corrected chi connectivity index (χ0v) is 10.6. The summed E-state index contributed by atoms with van der Waals surface area (Å²) in [5.74, 6) is 0. The summed E-state index contributed by atoms with van der Waals surface area (Å²) in [6.07, 6.45) is 3.21. The summed E-state index contributed by atoms with van der Waals surface area (Å²) < 4.78 is 24.7. The molecule has 0 bridgehead atoms. The molecule has 0 spiro atoms. The van der Waals surface area contributed by atoms with Gasteiger partial charge in [0.25, 0.3) is 0 Å². The van der Waals surface area contributed by atoms with Crippen LogP contribution < -0.4 is 0 Å². The smallest absolute Gasteiger partial charge is 0.211 e. The van der Waals surface area contributed by atoms with E-state index in [9.17, 15) is 8.42 Å². The molecule has 0 amide bonds. The van der Waals surface area contributed by atoms with Gasteiger partial charge >= 0.3 is 0 Å². The molecule has 1 saturated carbocycles. The fourth-order valence-electron chi connectivity index (χ4n) is 1.65. The summed E-state index contributed by atoms with van der Waals surface area (Å²) in [6.45, 7) is 0.445. The summed E-state index contributed by atoms with van der Waals surface area (Å²) in [4.78, 5) is 0. The molecule has 1 fully saturated rings. The standard InChI is InChI=1S/C11H14ClNO2S/c1-16(14,15)13(11-6-7-11)8-9-2-4-10(12)5-3-9/h2-5,11H,6-8H2,1H3. The number of nitrogens with zero attached hydrogens (tertiary/aromatic N) is 1. The Morgan fingerprint density at radius 3 is 2.31 bits per heavy atom. The topological polar surface area (TPSA) is 37.4 Å². The van der Waals surface area contributed by atoms with E-state index in [1.54, 1.807) is 16.4 Å². The van der Waals surface area contributed by atoms with Crippen molar-refractivity contribution < 1.29 is 8.42 Å². The van der Waals surface area contributed by atoms with Crippen molar-refractivity contribution in [1.82, 2.24) is 4.31 Å². The average Bonchev–Trinajstić information content (AvgIpc) is 2.98. The van der Waals surface area contributed by atoms with E-state index in [0.29, 0.717) is 11.6 Å². The fourth-order valence-corrected chi connectivity index (χ4v) is 2.91. The maximum absolute atomic E-state index is 11.6. The predicted molar refractivity (Wildman–Crippen MR) is 64.9 cm³/mol. The Bertz CT molecular complexity index is 465. The molecule has 5 heteroatoms. The number of halogens is 1. The maximum atomic E-state index is 11.6. The van der Waals surface area contributed by atoms with Gasteiger partial charge in [-0.25, -0.2) is 8.42 Å². The second-order valence-corrected chi connectivity index (χ2v) is 6.54. The lowest BCUT2D eigenvalue weighted by molar-refractivity contribution is 0.402. The molecule has 1 aromatic rings. The summed E-state index contributed by atoms with van der Waals surface area (Å²) in [5.41, 5.74) is 0.974. The molecular weight excluding hydrogens is 246 g/mol. The third-order valence-corrected chi connectivity index (χ3v) is 4.16. The highest BCUT2D eigenvalue weighted by atomic mass is 35.5. The number of rotatable bonds is 4. The van der Waals surface area contributed by atoms with Crippen LogP contribution in [0, 0.1) is 0 Å². The van der Waals surface area contributed by atoms with Crippen LogP contribution in [0.3, 0.4) is 0 Å². The fraction of sp³-hybridized carbons (Fsp3) is 0.455. The number of benzene rings is 1. The molecule has 0 aromatic heterocycles. The third kappa shape index (κ3) is 2.97. The molecule has 0 heterocycles. The second kappa shape index (κ2) is 4.35. The van der Waals surface area contributed by atoms with Crippen molar-refractivity contribution in [2.45, 2.75) is 25.4 Å². The van der Waals surface area contributed by atoms with Crippen molar-refractivity contribution in [3.8, 4) is 0 Å². The highest BCUT2D eigenvalue weighted by Crippen LogP contribution is 2.30. The van der Waals surface area contributed by atoms with E-state index in [-0.39, 0.29) is 6.04 Å². The molecule has 3 nitrogen and oxygen atoms in total. The van der Waals surface area contributed by atoms with Crippen LogP contribution in [0.25, 0.3) is 0 Å². The van der Waals surface area contributed by atoms with E-state index < -0.39 is 10.0 Å². The monoisotopic (exact) mass is 259 g/mol. The van der Waals surface area contributed by atoms with E-state index >= 15 is 0 Å². The van der Waals surface area contributed by atoms with E-state index in [1.165, 1.54) is 6.26 Å². The van der Waals surface area contributed by atoms with Gasteiger partial charge in [0.1, 0.15) is 0 Å². The lowest BCUT2D eigenvalue weighted by Crippen LogP contribution is -2.31. The molecular formula is C11H14ClNO2S. The van der Waals surface area contributed by atoms with Crippen LogP contribution in [0.4, 0.5) is 0 Å². The minimum absolute atomic E-state index is 0.200. The zero-order chi connectivity index (χ0) is 11.8. The Morgan fingerprint density at radius 1 is 1.31 bits per heavy atom. The molecule has 0 atom stereocenters. The SMILES string of the molecule is CS(=O)(=O)N(Cc1ccc(Cl)cc1)C1CC1. The van der Waals surface area contributed by atoms with E-state index in [4.69, 9.17) is 11.6 Å². The molecule has 1 aliphatic carbocycles. The van der Waals surface area contributed by atoms with Crippen LogP contribution in [0.2, 0.25) is 5.02 Å². The van der Waals surface area contributed by atoms with E-state index in [1.807, 2.05) is 12.1 Å². The van der Waals surface area contributed by atoms with E-state index in [2.05, 4.69) is 0 Å². The number of hydrogen-bond donors (Lipinski definition) is 0. The van der Waals surface area contributed by atoms with Crippen molar-refractivity contribution in [1.29, 1.82) is 0 Å². The molecule has 0 radical (unpaired) electrons. The summed E-state index contributed by atoms with van der Waals surface area (Å²) in [5, 5.41) is 0.668. The van der Waals surface area contributed by atoms with Crippen LogP contribution >= 0.6 is 11.6 Å². The number of sulfonamides is 1. The van der Waals surface area contributed by atoms with Gasteiger partial charge in [-0.15, -0.1) is 0 Å². The van der Waals surface area contributed by atoms with Gasteiger partial charge in [-0.2, -0.15) is 4.31 Å². The highest BCUT2D eigenvalue weighted by molar-refractivity contribution is 7.88. The molecule has 0 unspecified atom stereocenters. The van der Waals surface area contributed by atoms with Crippen molar-refractivity contribution in [2.75, 3.05) is 6.26 Å². The van der Waals surface area contributed by atoms with Crippen molar-refractivity contribution in [3.63, 3.8) is 0 Å². The first-order valence-electron chi connectivity index (χ1n) is 5.18. The summed E-state index contributed by atoms with van der Waals surface area (Å²) in [6, 6.07) is 7.49. The van der Waals surface area contributed by atoms with Crippen LogP contribution in [-0.2, 0) is 16.6 Å². The molecule has 1 aromatic carbocycles. The van der Waals surface area contributed by atoms with Gasteiger partial charge in [0, 0.05) is 17.6 Å². The van der Waals surface area contributed by atoms with Crippen molar-refractivity contribution >= 4 is 21.6 Å². The highest BCUT2D eigenvalue weighted by Gasteiger charge is 2.34. The minimum Gasteiger partial charge on any atom is -0.212 e.